The van der Waals surface area contributed by atoms with E-state index >= 15 is 0 Å². The van der Waals surface area contributed by atoms with Gasteiger partial charge in [0.25, 0.3) is 0 Å². The van der Waals surface area contributed by atoms with E-state index in [9.17, 15) is 9.59 Å². The second-order valence-electron chi connectivity index (χ2n) is 16.5. The normalized spacial score (nSPS) is 19.4. The number of anilines is 3. The molecule has 5 aromatic rings. The number of nitrogens with one attached hydrogen (secondary N) is 1. The largest absolute Gasteiger partial charge is 0.457 e. The van der Waals surface area contributed by atoms with E-state index in [0.717, 1.165) is 104 Å². The van der Waals surface area contributed by atoms with Crippen LogP contribution in [-0.2, 0) is 4.79 Å². The lowest BCUT2D eigenvalue weighted by Crippen LogP contribution is -2.49. The molecule has 0 aliphatic carbocycles. The lowest BCUT2D eigenvalue weighted by Gasteiger charge is -2.40. The first-order valence-corrected chi connectivity index (χ1v) is 21.4. The first kappa shape index (κ1) is 38.9. The highest BCUT2D eigenvalue weighted by atomic mass is 16.5. The van der Waals surface area contributed by atoms with Crippen molar-refractivity contribution in [1.82, 2.24) is 39.8 Å². The quantitative estimate of drug-likeness (QED) is 0.157. The van der Waals surface area contributed by atoms with Gasteiger partial charge in [0, 0.05) is 75.7 Å². The summed E-state index contributed by atoms with van der Waals surface area (Å²) in [7, 11) is 0. The van der Waals surface area contributed by atoms with Crippen LogP contribution in [0.3, 0.4) is 0 Å². The Hall–Kier alpha value is -5.57. The molecule has 0 spiro atoms. The average molecular weight is 798 g/mol. The molecular weight excluding hydrogens is 743 g/mol. The summed E-state index contributed by atoms with van der Waals surface area (Å²) < 4.78 is 8.12. The SMILES string of the molecule is Nc1ncnc2c1c(-c1ccc(Oc3ccccc3)cc1)nn2C1CCN(CCCN2CCC(CN3CCN(c4ccc(N5CCC(=O)NC5=O)cc4)CC3)CC2)CC1. The van der Waals surface area contributed by atoms with Crippen molar-refractivity contribution in [3.05, 3.63) is 85.2 Å². The zero-order valence-electron chi connectivity index (χ0n) is 33.8. The van der Waals surface area contributed by atoms with Gasteiger partial charge in [-0.2, -0.15) is 5.10 Å². The molecule has 14 nitrogen and oxygen atoms in total. The number of hydrogen-bond donors (Lipinski definition) is 2. The molecule has 3 N–H and O–H groups in total. The number of aromatic nitrogens is 4. The number of nitrogens with zero attached hydrogens (tertiary/aromatic N) is 9. The molecule has 4 aliphatic rings. The molecule has 0 unspecified atom stereocenters. The number of hydrogen-bond acceptors (Lipinski definition) is 11. The summed E-state index contributed by atoms with van der Waals surface area (Å²) in [6.07, 6.45) is 7.69. The maximum atomic E-state index is 12.2. The fourth-order valence-corrected chi connectivity index (χ4v) is 9.26. The van der Waals surface area contributed by atoms with Gasteiger partial charge in [-0.05, 0) is 125 Å². The van der Waals surface area contributed by atoms with E-state index in [4.69, 9.17) is 15.6 Å². The van der Waals surface area contributed by atoms with Crippen molar-refractivity contribution in [3.8, 4) is 22.8 Å². The first-order valence-electron chi connectivity index (χ1n) is 21.4. The van der Waals surface area contributed by atoms with Crippen LogP contribution in [0.25, 0.3) is 22.3 Å². The van der Waals surface area contributed by atoms with Crippen LogP contribution >= 0.6 is 0 Å². The number of para-hydroxylation sites is 1. The van der Waals surface area contributed by atoms with Gasteiger partial charge in [0.1, 0.15) is 29.3 Å². The van der Waals surface area contributed by atoms with Crippen molar-refractivity contribution in [2.24, 2.45) is 5.92 Å². The molecule has 4 aliphatic heterocycles. The number of piperidine rings is 2. The average Bonchev–Trinajstić information content (AvgIpc) is 3.67. The van der Waals surface area contributed by atoms with E-state index in [1.807, 2.05) is 66.7 Å². The summed E-state index contributed by atoms with van der Waals surface area (Å²) in [5.74, 6) is 2.58. The number of fused-ring (bicyclic) bond motifs is 1. The van der Waals surface area contributed by atoms with E-state index < -0.39 is 0 Å². The zero-order valence-corrected chi connectivity index (χ0v) is 33.8. The van der Waals surface area contributed by atoms with Crippen LogP contribution in [0, 0.1) is 5.92 Å². The van der Waals surface area contributed by atoms with Crippen LogP contribution in [0.2, 0.25) is 0 Å². The number of nitrogen functional groups attached to an aromatic ring is 1. The third-order valence-corrected chi connectivity index (χ3v) is 12.7. The molecule has 14 heteroatoms. The highest BCUT2D eigenvalue weighted by Crippen LogP contribution is 2.35. The van der Waals surface area contributed by atoms with E-state index in [0.29, 0.717) is 18.8 Å². The number of carbonyl (C=O) groups is 2. The van der Waals surface area contributed by atoms with E-state index in [1.54, 1.807) is 11.2 Å². The van der Waals surface area contributed by atoms with Crippen molar-refractivity contribution in [3.63, 3.8) is 0 Å². The Labute approximate surface area is 345 Å². The number of likely N-dealkylation sites (tertiary alicyclic amines) is 2. The molecule has 6 heterocycles. The molecular formula is C45H55N11O3. The lowest BCUT2D eigenvalue weighted by atomic mass is 9.95. The molecule has 9 rings (SSSR count). The summed E-state index contributed by atoms with van der Waals surface area (Å²) in [5, 5.41) is 8.34. The molecule has 3 amide bonds. The Morgan fingerprint density at radius 1 is 0.695 bits per heavy atom. The zero-order chi connectivity index (χ0) is 40.1. The Balaban J connectivity index is 0.691. The fraction of sp³-hybridized carbons (Fsp3) is 0.444. The Morgan fingerprint density at radius 3 is 2.05 bits per heavy atom. The van der Waals surface area contributed by atoms with Crippen LogP contribution < -0.4 is 25.6 Å². The highest BCUT2D eigenvalue weighted by molar-refractivity contribution is 6.05. The molecule has 3 aromatic carbocycles. The number of carbonyl (C=O) groups excluding carboxylic acids is 2. The predicted octanol–water partition coefficient (Wildman–Crippen LogP) is 5.88. The van der Waals surface area contributed by atoms with Crippen LogP contribution in [0.1, 0.15) is 44.6 Å². The van der Waals surface area contributed by atoms with Crippen LogP contribution in [0.4, 0.5) is 22.0 Å². The molecule has 4 saturated heterocycles. The van der Waals surface area contributed by atoms with Gasteiger partial charge in [-0.3, -0.25) is 19.9 Å². The van der Waals surface area contributed by atoms with Crippen LogP contribution in [0.15, 0.2) is 85.2 Å². The predicted molar refractivity (Wildman–Crippen MR) is 231 cm³/mol. The second kappa shape index (κ2) is 17.7. The number of nitrogens with two attached hydrogens (primary N) is 1. The Kier molecular flexibility index (Phi) is 11.7. The summed E-state index contributed by atoms with van der Waals surface area (Å²) >= 11 is 0. The smallest absolute Gasteiger partial charge is 0.328 e. The van der Waals surface area contributed by atoms with Crippen molar-refractivity contribution in [1.29, 1.82) is 0 Å². The standard InChI is InChI=1S/C45H55N11O3/c46-43-41-42(34-7-13-39(14-8-34)59-38-5-2-1-3-6-38)50-56(44(41)48-32-47-43)37-17-24-52(25-18-37)21-4-20-51-22-15-33(16-23-51)31-53-27-29-54(30-28-53)35-9-11-36(12-10-35)55-26-19-40(57)49-45(55)58/h1-3,5-14,32-33,37H,4,15-31H2,(H2,46,47,48)(H,49,57,58). The van der Waals surface area contributed by atoms with E-state index in [-0.39, 0.29) is 18.0 Å². The van der Waals surface area contributed by atoms with Gasteiger partial charge in [-0.1, -0.05) is 18.2 Å². The lowest BCUT2D eigenvalue weighted by molar-refractivity contribution is -0.120. The third-order valence-electron chi connectivity index (χ3n) is 12.7. The summed E-state index contributed by atoms with van der Waals surface area (Å²) in [5.41, 5.74) is 11.0. The van der Waals surface area contributed by atoms with Crippen molar-refractivity contribution < 1.29 is 14.3 Å². The molecule has 2 aromatic heterocycles. The molecule has 4 fully saturated rings. The Morgan fingerprint density at radius 2 is 1.36 bits per heavy atom. The number of benzene rings is 3. The van der Waals surface area contributed by atoms with Gasteiger partial charge in [0.15, 0.2) is 5.65 Å². The molecule has 59 heavy (non-hydrogen) atoms. The van der Waals surface area contributed by atoms with Gasteiger partial charge in [0.2, 0.25) is 5.91 Å². The van der Waals surface area contributed by atoms with Crippen molar-refractivity contribution >= 4 is 40.2 Å². The monoisotopic (exact) mass is 797 g/mol. The van der Waals surface area contributed by atoms with E-state index in [1.165, 1.54) is 51.1 Å². The molecule has 0 atom stereocenters. The molecule has 308 valence electrons. The minimum atomic E-state index is -0.339. The van der Waals surface area contributed by atoms with Crippen molar-refractivity contribution in [2.45, 2.75) is 44.6 Å². The van der Waals surface area contributed by atoms with E-state index in [2.05, 4.69) is 51.7 Å². The maximum absolute atomic E-state index is 12.2. The molecule has 0 saturated carbocycles. The topological polar surface area (TPSA) is 141 Å². The number of amides is 3. The number of urea groups is 1. The number of rotatable bonds is 12. The van der Waals surface area contributed by atoms with Gasteiger partial charge < -0.3 is 25.2 Å². The third kappa shape index (κ3) is 9.04. The minimum absolute atomic E-state index is 0.208. The number of ether oxygens (including phenoxy) is 1. The van der Waals surface area contributed by atoms with Crippen molar-refractivity contribution in [2.75, 3.05) is 94.1 Å². The van der Waals surface area contributed by atoms with Gasteiger partial charge in [-0.25, -0.2) is 19.4 Å². The molecule has 0 radical (unpaired) electrons. The van der Waals surface area contributed by atoms with Gasteiger partial charge in [0.05, 0.1) is 11.4 Å². The minimum Gasteiger partial charge on any atom is -0.457 e. The Bertz CT molecular complexity index is 2190. The van der Waals surface area contributed by atoms with Crippen LogP contribution in [-0.4, -0.2) is 125 Å². The summed E-state index contributed by atoms with van der Waals surface area (Å²) in [4.78, 5) is 44.8. The number of imide groups is 1. The van der Waals surface area contributed by atoms with Crippen LogP contribution in [0.5, 0.6) is 11.5 Å². The maximum Gasteiger partial charge on any atom is 0.328 e. The molecule has 0 bridgehead atoms. The second-order valence-corrected chi connectivity index (χ2v) is 16.5. The summed E-state index contributed by atoms with van der Waals surface area (Å²) in [6, 6.07) is 25.9. The highest BCUT2D eigenvalue weighted by Gasteiger charge is 2.28. The summed E-state index contributed by atoms with van der Waals surface area (Å²) in [6.45, 7) is 12.6. The first-order chi connectivity index (χ1) is 28.9. The van der Waals surface area contributed by atoms with Gasteiger partial charge >= 0.3 is 6.03 Å². The number of piperazine rings is 1. The fourth-order valence-electron chi connectivity index (χ4n) is 9.26. The van der Waals surface area contributed by atoms with Gasteiger partial charge in [-0.15, -0.1) is 0 Å².